The number of phenols is 1. The van der Waals surface area contributed by atoms with E-state index in [1.54, 1.807) is 30.0 Å². The number of amides is 1. The Kier molecular flexibility index (Phi) is 6.46. The fraction of sp³-hybridized carbons (Fsp3) is 0.231. The Balaban J connectivity index is 1.42. The van der Waals surface area contributed by atoms with Gasteiger partial charge in [-0.1, -0.05) is 30.3 Å². The highest BCUT2D eigenvalue weighted by atomic mass is 16.5. The molecule has 34 heavy (non-hydrogen) atoms. The Morgan fingerprint density at radius 2 is 1.97 bits per heavy atom. The highest BCUT2D eigenvalue weighted by Gasteiger charge is 2.28. The quantitative estimate of drug-likeness (QED) is 0.578. The van der Waals surface area contributed by atoms with Crippen LogP contribution in [-0.2, 0) is 4.79 Å². The smallest absolute Gasteiger partial charge is 0.339 e. The zero-order chi connectivity index (χ0) is 24.2. The molecule has 1 saturated heterocycles. The van der Waals surface area contributed by atoms with Gasteiger partial charge >= 0.3 is 5.97 Å². The van der Waals surface area contributed by atoms with Crippen LogP contribution in [0.15, 0.2) is 54.6 Å². The lowest BCUT2D eigenvalue weighted by Gasteiger charge is -2.17. The maximum absolute atomic E-state index is 12.7. The molecule has 2 aromatic carbocycles. The number of likely N-dealkylation sites (tertiary alicyclic amines) is 1. The molecule has 0 bridgehead atoms. The Morgan fingerprint density at radius 1 is 1.18 bits per heavy atom. The number of nitrogens with zero attached hydrogens (tertiary/aromatic N) is 3. The van der Waals surface area contributed by atoms with E-state index in [4.69, 9.17) is 9.84 Å². The summed E-state index contributed by atoms with van der Waals surface area (Å²) in [6, 6.07) is 17.7. The number of nitriles is 1. The number of aromatic nitrogens is 1. The second kappa shape index (κ2) is 9.63. The Hall–Kier alpha value is -4.38. The second-order valence-electron chi connectivity index (χ2n) is 8.19. The lowest BCUT2D eigenvalue weighted by molar-refractivity contribution is -0.132. The number of aromatic carboxylic acids is 1. The summed E-state index contributed by atoms with van der Waals surface area (Å²) in [7, 11) is 0. The van der Waals surface area contributed by atoms with E-state index in [0.717, 1.165) is 17.5 Å². The molecule has 2 heterocycles. The molecule has 0 spiro atoms. The average Bonchev–Trinajstić information content (AvgIpc) is 3.33. The van der Waals surface area contributed by atoms with E-state index in [1.807, 2.05) is 30.3 Å². The Bertz CT molecular complexity index is 1300. The van der Waals surface area contributed by atoms with Crippen LogP contribution in [0, 0.1) is 18.3 Å². The molecule has 1 atom stereocenters. The third-order valence-electron chi connectivity index (χ3n) is 5.91. The van der Waals surface area contributed by atoms with Gasteiger partial charge in [0.1, 0.15) is 22.9 Å². The van der Waals surface area contributed by atoms with Gasteiger partial charge in [-0.15, -0.1) is 0 Å². The third kappa shape index (κ3) is 4.84. The number of hydrogen-bond donors (Lipinski definition) is 2. The largest absolute Gasteiger partial charge is 0.507 e. The van der Waals surface area contributed by atoms with Crippen molar-refractivity contribution in [2.45, 2.75) is 19.3 Å². The zero-order valence-corrected chi connectivity index (χ0v) is 18.6. The summed E-state index contributed by atoms with van der Waals surface area (Å²) in [6.07, 6.45) is 0.796. The van der Waals surface area contributed by atoms with E-state index < -0.39 is 5.97 Å². The van der Waals surface area contributed by atoms with Crippen molar-refractivity contribution in [2.75, 3.05) is 19.7 Å². The summed E-state index contributed by atoms with van der Waals surface area (Å²) in [5.41, 5.74) is 3.47. The molecule has 3 aromatic rings. The zero-order valence-electron chi connectivity index (χ0n) is 18.6. The van der Waals surface area contributed by atoms with Crippen molar-refractivity contribution in [3.05, 3.63) is 77.0 Å². The van der Waals surface area contributed by atoms with E-state index in [-0.39, 0.29) is 41.2 Å². The van der Waals surface area contributed by atoms with Crippen LogP contribution in [0.5, 0.6) is 11.6 Å². The van der Waals surface area contributed by atoms with Crippen LogP contribution in [0.1, 0.15) is 39.5 Å². The number of pyridine rings is 1. The Labute approximate surface area is 196 Å². The Morgan fingerprint density at radius 3 is 2.71 bits per heavy atom. The van der Waals surface area contributed by atoms with Crippen LogP contribution >= 0.6 is 0 Å². The first-order valence-corrected chi connectivity index (χ1v) is 10.8. The lowest BCUT2D eigenvalue weighted by Crippen LogP contribution is -2.33. The third-order valence-corrected chi connectivity index (χ3v) is 5.91. The normalized spacial score (nSPS) is 15.1. The van der Waals surface area contributed by atoms with E-state index >= 15 is 0 Å². The fourth-order valence-electron chi connectivity index (χ4n) is 4.07. The molecule has 1 fully saturated rings. The van der Waals surface area contributed by atoms with Crippen molar-refractivity contribution in [3.63, 3.8) is 0 Å². The van der Waals surface area contributed by atoms with Gasteiger partial charge < -0.3 is 19.8 Å². The van der Waals surface area contributed by atoms with Gasteiger partial charge in [0, 0.05) is 24.7 Å². The summed E-state index contributed by atoms with van der Waals surface area (Å²) in [6.45, 7) is 2.74. The van der Waals surface area contributed by atoms with Gasteiger partial charge in [0.2, 0.25) is 5.88 Å². The SMILES string of the molecule is Cc1ccc(C#N)c(OCC(=O)N2CCC(c3cccc(-c4ccc(C(=O)O)c(O)c4)c3)C2)n1. The van der Waals surface area contributed by atoms with Gasteiger partial charge in [-0.05, 0) is 54.3 Å². The lowest BCUT2D eigenvalue weighted by atomic mass is 9.94. The van der Waals surface area contributed by atoms with Crippen LogP contribution in [0.2, 0.25) is 0 Å². The predicted octanol–water partition coefficient (Wildman–Crippen LogP) is 3.73. The fourth-order valence-corrected chi connectivity index (χ4v) is 4.07. The number of hydrogen-bond acceptors (Lipinski definition) is 6. The van der Waals surface area contributed by atoms with Gasteiger partial charge in [-0.25, -0.2) is 9.78 Å². The number of benzene rings is 2. The number of ether oxygens (including phenoxy) is 1. The molecule has 1 unspecified atom stereocenters. The molecule has 8 heteroatoms. The molecule has 8 nitrogen and oxygen atoms in total. The maximum atomic E-state index is 12.7. The maximum Gasteiger partial charge on any atom is 0.339 e. The minimum atomic E-state index is -1.18. The summed E-state index contributed by atoms with van der Waals surface area (Å²) >= 11 is 0. The summed E-state index contributed by atoms with van der Waals surface area (Å²) in [5.74, 6) is -1.32. The van der Waals surface area contributed by atoms with Gasteiger partial charge in [-0.3, -0.25) is 4.79 Å². The standard InChI is InChI=1S/C26H23N3O5/c1-16-5-6-20(13-27)25(28-16)34-15-24(31)29-10-9-21(14-29)18-4-2-3-17(11-18)19-7-8-22(26(32)33)23(30)12-19/h2-8,11-12,21,30H,9-10,14-15H2,1H3,(H,32,33). The van der Waals surface area contributed by atoms with E-state index in [1.165, 1.54) is 12.1 Å². The van der Waals surface area contributed by atoms with Crippen LogP contribution in [0.4, 0.5) is 0 Å². The molecular weight excluding hydrogens is 434 g/mol. The van der Waals surface area contributed by atoms with Gasteiger partial charge in [-0.2, -0.15) is 5.26 Å². The van der Waals surface area contributed by atoms with E-state index in [9.17, 15) is 20.0 Å². The van der Waals surface area contributed by atoms with Crippen molar-refractivity contribution in [1.82, 2.24) is 9.88 Å². The molecule has 1 aromatic heterocycles. The van der Waals surface area contributed by atoms with Crippen molar-refractivity contribution in [3.8, 4) is 28.8 Å². The van der Waals surface area contributed by atoms with Gasteiger partial charge in [0.05, 0.1) is 0 Å². The summed E-state index contributed by atoms with van der Waals surface area (Å²) in [5, 5.41) is 28.3. The molecule has 172 valence electrons. The first-order valence-electron chi connectivity index (χ1n) is 10.8. The summed E-state index contributed by atoms with van der Waals surface area (Å²) < 4.78 is 5.55. The molecule has 2 N–H and O–H groups in total. The molecule has 0 saturated carbocycles. The molecular formula is C26H23N3O5. The highest BCUT2D eigenvalue weighted by Crippen LogP contribution is 2.32. The monoisotopic (exact) mass is 457 g/mol. The molecule has 1 aliphatic heterocycles. The molecule has 4 rings (SSSR count). The molecule has 0 radical (unpaired) electrons. The molecule has 1 amide bonds. The number of carbonyl (C=O) groups is 2. The number of rotatable bonds is 6. The van der Waals surface area contributed by atoms with Crippen molar-refractivity contribution in [1.29, 1.82) is 5.26 Å². The first kappa shape index (κ1) is 22.8. The number of carboxylic acid groups (broad SMARTS) is 1. The number of carbonyl (C=O) groups excluding carboxylic acids is 1. The first-order chi connectivity index (χ1) is 16.4. The van der Waals surface area contributed by atoms with Crippen molar-refractivity contribution >= 4 is 11.9 Å². The highest BCUT2D eigenvalue weighted by molar-refractivity contribution is 5.91. The van der Waals surface area contributed by atoms with Crippen LogP contribution < -0.4 is 4.74 Å². The average molecular weight is 457 g/mol. The predicted molar refractivity (Wildman–Crippen MR) is 124 cm³/mol. The number of carboxylic acids is 1. The van der Waals surface area contributed by atoms with E-state index in [0.29, 0.717) is 24.3 Å². The van der Waals surface area contributed by atoms with Crippen LogP contribution in [0.3, 0.4) is 0 Å². The number of aryl methyl sites for hydroxylation is 1. The van der Waals surface area contributed by atoms with Crippen LogP contribution in [0.25, 0.3) is 11.1 Å². The van der Waals surface area contributed by atoms with Crippen molar-refractivity contribution < 1.29 is 24.5 Å². The van der Waals surface area contributed by atoms with Gasteiger partial charge in [0.15, 0.2) is 6.61 Å². The van der Waals surface area contributed by atoms with Crippen LogP contribution in [-0.4, -0.2) is 51.7 Å². The van der Waals surface area contributed by atoms with Crippen molar-refractivity contribution in [2.24, 2.45) is 0 Å². The number of aromatic hydroxyl groups is 1. The topological polar surface area (TPSA) is 124 Å². The van der Waals surface area contributed by atoms with E-state index in [2.05, 4.69) is 4.98 Å². The summed E-state index contributed by atoms with van der Waals surface area (Å²) in [4.78, 5) is 29.8. The minimum absolute atomic E-state index is 0.141. The second-order valence-corrected chi connectivity index (χ2v) is 8.19. The molecule has 0 aliphatic carbocycles. The minimum Gasteiger partial charge on any atom is -0.507 e. The van der Waals surface area contributed by atoms with Gasteiger partial charge in [0.25, 0.3) is 5.91 Å². The molecule has 1 aliphatic rings.